The van der Waals surface area contributed by atoms with E-state index in [1.165, 1.54) is 0 Å². The lowest BCUT2D eigenvalue weighted by Gasteiger charge is -2.10. The van der Waals surface area contributed by atoms with Crippen molar-refractivity contribution < 1.29 is 14.3 Å². The number of para-hydroxylation sites is 1. The van der Waals surface area contributed by atoms with Crippen LogP contribution in [-0.4, -0.2) is 23.4 Å². The molecule has 1 heterocycles. The zero-order valence-electron chi connectivity index (χ0n) is 14.7. The van der Waals surface area contributed by atoms with Crippen LogP contribution in [0, 0.1) is 5.92 Å². The number of carbonyl (C=O) groups is 2. The maximum Gasteiger partial charge on any atom is 0.271 e. The Morgan fingerprint density at radius 3 is 2.62 bits per heavy atom. The van der Waals surface area contributed by atoms with Crippen LogP contribution in [-0.2, 0) is 0 Å². The predicted molar refractivity (Wildman–Crippen MR) is 100 cm³/mol. The average Bonchev–Trinajstić information content (AvgIpc) is 3.08. The third kappa shape index (κ3) is 4.03. The number of aromatic nitrogens is 1. The second-order valence-corrected chi connectivity index (χ2v) is 6.39. The van der Waals surface area contributed by atoms with Crippen molar-refractivity contribution in [1.82, 2.24) is 15.8 Å². The van der Waals surface area contributed by atoms with Crippen LogP contribution < -0.4 is 15.6 Å². The lowest BCUT2D eigenvalue weighted by atomic mass is 10.2. The maximum absolute atomic E-state index is 12.3. The fourth-order valence-electron chi connectivity index (χ4n) is 2.50. The molecule has 1 aromatic heterocycles. The first kappa shape index (κ1) is 17.5. The van der Waals surface area contributed by atoms with Crippen LogP contribution in [0.1, 0.15) is 34.6 Å². The zero-order valence-corrected chi connectivity index (χ0v) is 14.7. The van der Waals surface area contributed by atoms with E-state index in [0.29, 0.717) is 29.4 Å². The first-order chi connectivity index (χ1) is 12.5. The Kier molecular flexibility index (Phi) is 5.22. The SMILES string of the molecule is CC(C)COc1cccc(C(=O)NNC(=O)c2c[nH]c3ccccc23)c1. The summed E-state index contributed by atoms with van der Waals surface area (Å²) in [4.78, 5) is 27.6. The van der Waals surface area contributed by atoms with Crippen LogP contribution in [0.3, 0.4) is 0 Å². The van der Waals surface area contributed by atoms with E-state index in [1.54, 1.807) is 30.5 Å². The van der Waals surface area contributed by atoms with Gasteiger partial charge in [-0.05, 0) is 30.2 Å². The molecule has 0 bridgehead atoms. The molecular formula is C20H21N3O3. The number of nitrogens with one attached hydrogen (secondary N) is 3. The summed E-state index contributed by atoms with van der Waals surface area (Å²) in [5, 5.41) is 0.795. The van der Waals surface area contributed by atoms with Crippen molar-refractivity contribution in [2.45, 2.75) is 13.8 Å². The Morgan fingerprint density at radius 1 is 1.04 bits per heavy atom. The van der Waals surface area contributed by atoms with Gasteiger partial charge in [-0.15, -0.1) is 0 Å². The zero-order chi connectivity index (χ0) is 18.5. The molecule has 3 aromatic rings. The van der Waals surface area contributed by atoms with Crippen molar-refractivity contribution in [3.8, 4) is 5.75 Å². The van der Waals surface area contributed by atoms with Crippen LogP contribution in [0.25, 0.3) is 10.9 Å². The van der Waals surface area contributed by atoms with E-state index in [0.717, 1.165) is 10.9 Å². The van der Waals surface area contributed by atoms with Gasteiger partial charge in [-0.3, -0.25) is 20.4 Å². The van der Waals surface area contributed by atoms with Crippen molar-refractivity contribution >= 4 is 22.7 Å². The lowest BCUT2D eigenvalue weighted by Crippen LogP contribution is -2.41. The minimum atomic E-state index is -0.409. The first-order valence-electron chi connectivity index (χ1n) is 8.44. The van der Waals surface area contributed by atoms with Gasteiger partial charge < -0.3 is 9.72 Å². The van der Waals surface area contributed by atoms with E-state index >= 15 is 0 Å². The largest absolute Gasteiger partial charge is 0.493 e. The third-order valence-corrected chi connectivity index (χ3v) is 3.80. The van der Waals surface area contributed by atoms with Crippen LogP contribution >= 0.6 is 0 Å². The van der Waals surface area contributed by atoms with Gasteiger partial charge in [-0.25, -0.2) is 0 Å². The van der Waals surface area contributed by atoms with Gasteiger partial charge in [0.15, 0.2) is 0 Å². The first-order valence-corrected chi connectivity index (χ1v) is 8.44. The summed E-state index contributed by atoms with van der Waals surface area (Å²) in [7, 11) is 0. The summed E-state index contributed by atoms with van der Waals surface area (Å²) in [6, 6.07) is 14.3. The molecule has 6 nitrogen and oxygen atoms in total. The van der Waals surface area contributed by atoms with Crippen molar-refractivity contribution in [2.75, 3.05) is 6.61 Å². The lowest BCUT2D eigenvalue weighted by molar-refractivity contribution is 0.0847. The number of fused-ring (bicyclic) bond motifs is 1. The number of H-pyrrole nitrogens is 1. The Morgan fingerprint density at radius 2 is 1.81 bits per heavy atom. The monoisotopic (exact) mass is 351 g/mol. The molecule has 0 spiro atoms. The van der Waals surface area contributed by atoms with Crippen molar-refractivity contribution in [2.24, 2.45) is 5.92 Å². The van der Waals surface area contributed by atoms with Gasteiger partial charge in [0.2, 0.25) is 0 Å². The number of carbonyl (C=O) groups excluding carboxylic acids is 2. The molecule has 2 amide bonds. The molecule has 0 saturated carbocycles. The maximum atomic E-state index is 12.3. The van der Waals surface area contributed by atoms with Crippen molar-refractivity contribution in [1.29, 1.82) is 0 Å². The third-order valence-electron chi connectivity index (χ3n) is 3.80. The molecule has 0 radical (unpaired) electrons. The summed E-state index contributed by atoms with van der Waals surface area (Å²) in [6.07, 6.45) is 1.62. The van der Waals surface area contributed by atoms with Crippen LogP contribution in [0.15, 0.2) is 54.7 Å². The molecule has 6 heteroatoms. The average molecular weight is 351 g/mol. The fourth-order valence-corrected chi connectivity index (χ4v) is 2.50. The second kappa shape index (κ2) is 7.74. The molecule has 0 aliphatic rings. The Balaban J connectivity index is 1.63. The predicted octanol–water partition coefficient (Wildman–Crippen LogP) is 3.28. The molecule has 2 aromatic carbocycles. The van der Waals surface area contributed by atoms with Crippen molar-refractivity contribution in [3.63, 3.8) is 0 Å². The van der Waals surface area contributed by atoms with E-state index in [4.69, 9.17) is 4.74 Å². The standard InChI is InChI=1S/C20H21N3O3/c1-13(2)12-26-15-7-5-6-14(10-15)19(24)22-23-20(25)17-11-21-18-9-4-3-8-16(17)18/h3-11,13,21H,12H2,1-2H3,(H,22,24)(H,23,25). The van der Waals surface area contributed by atoms with E-state index < -0.39 is 5.91 Å². The molecule has 0 fully saturated rings. The Hall–Kier alpha value is -3.28. The summed E-state index contributed by atoms with van der Waals surface area (Å²) < 4.78 is 5.62. The van der Waals surface area contributed by atoms with E-state index in [1.807, 2.05) is 24.3 Å². The number of hydrogen-bond donors (Lipinski definition) is 3. The smallest absolute Gasteiger partial charge is 0.271 e. The molecule has 0 atom stereocenters. The Bertz CT molecular complexity index is 931. The minimum Gasteiger partial charge on any atom is -0.493 e. The van der Waals surface area contributed by atoms with Gasteiger partial charge in [0.1, 0.15) is 5.75 Å². The summed E-state index contributed by atoms with van der Waals surface area (Å²) in [6.45, 7) is 4.68. The highest BCUT2D eigenvalue weighted by atomic mass is 16.5. The quantitative estimate of drug-likeness (QED) is 0.617. The molecule has 0 aliphatic heterocycles. The van der Waals surface area contributed by atoms with Crippen LogP contribution in [0.5, 0.6) is 5.75 Å². The molecule has 3 N–H and O–H groups in total. The number of aromatic amines is 1. The molecular weight excluding hydrogens is 330 g/mol. The topological polar surface area (TPSA) is 83.2 Å². The molecule has 0 aliphatic carbocycles. The minimum absolute atomic E-state index is 0.386. The molecule has 0 saturated heterocycles. The van der Waals surface area contributed by atoms with Gasteiger partial charge in [0, 0.05) is 22.7 Å². The van der Waals surface area contributed by atoms with E-state index in [9.17, 15) is 9.59 Å². The van der Waals surface area contributed by atoms with Gasteiger partial charge in [0.05, 0.1) is 12.2 Å². The normalized spacial score (nSPS) is 10.7. The highest BCUT2D eigenvalue weighted by Gasteiger charge is 2.13. The van der Waals surface area contributed by atoms with Crippen LogP contribution in [0.2, 0.25) is 0 Å². The molecule has 134 valence electrons. The van der Waals surface area contributed by atoms with E-state index in [-0.39, 0.29) is 5.91 Å². The number of hydrogen-bond acceptors (Lipinski definition) is 3. The number of ether oxygens (including phenoxy) is 1. The molecule has 3 rings (SSSR count). The summed E-state index contributed by atoms with van der Waals surface area (Å²) in [5.74, 6) is 0.216. The second-order valence-electron chi connectivity index (χ2n) is 6.39. The van der Waals surface area contributed by atoms with E-state index in [2.05, 4.69) is 29.7 Å². The Labute approximate surface area is 151 Å². The summed E-state index contributed by atoms with van der Waals surface area (Å²) in [5.41, 5.74) is 6.62. The van der Waals surface area contributed by atoms with Gasteiger partial charge in [-0.2, -0.15) is 0 Å². The van der Waals surface area contributed by atoms with Crippen molar-refractivity contribution in [3.05, 3.63) is 65.9 Å². The number of amides is 2. The van der Waals surface area contributed by atoms with Gasteiger partial charge in [0.25, 0.3) is 11.8 Å². The fraction of sp³-hybridized carbons (Fsp3) is 0.200. The molecule has 26 heavy (non-hydrogen) atoms. The van der Waals surface area contributed by atoms with Crippen LogP contribution in [0.4, 0.5) is 0 Å². The molecule has 0 unspecified atom stereocenters. The number of benzene rings is 2. The summed E-state index contributed by atoms with van der Waals surface area (Å²) >= 11 is 0. The van der Waals surface area contributed by atoms with Gasteiger partial charge >= 0.3 is 0 Å². The highest BCUT2D eigenvalue weighted by molar-refractivity contribution is 6.07. The highest BCUT2D eigenvalue weighted by Crippen LogP contribution is 2.17. The van der Waals surface area contributed by atoms with Gasteiger partial charge in [-0.1, -0.05) is 38.1 Å². The number of hydrazine groups is 1. The number of rotatable bonds is 5.